The fourth-order valence-electron chi connectivity index (χ4n) is 3.19. The molecule has 0 saturated carbocycles. The number of aryl methyl sites for hydroxylation is 1. The van der Waals surface area contributed by atoms with E-state index < -0.39 is 47.3 Å². The molecule has 0 saturated heterocycles. The van der Waals surface area contributed by atoms with Crippen LogP contribution in [-0.4, -0.2) is 67.7 Å². The molecule has 1 aromatic heterocycles. The Morgan fingerprint density at radius 3 is 2.37 bits per heavy atom. The lowest BCUT2D eigenvalue weighted by molar-refractivity contribution is -0.704. The molecule has 18 heteroatoms. The number of nitrogens with one attached hydrogen (secondary N) is 1. The van der Waals surface area contributed by atoms with Gasteiger partial charge in [0.2, 0.25) is 5.28 Å². The van der Waals surface area contributed by atoms with E-state index in [9.17, 15) is 36.4 Å². The molecule has 0 fully saturated rings. The molecule has 1 heterocycles. The molecule has 220 valence electrons. The first-order valence-corrected chi connectivity index (χ1v) is 12.8. The van der Waals surface area contributed by atoms with Crippen LogP contribution in [0.2, 0.25) is 0 Å². The average molecular weight is 601 g/mol. The number of alkyl halides is 3. The topological polar surface area (TPSA) is 167 Å². The number of ether oxygens (including phenoxy) is 2. The molecule has 0 unspecified atom stereocenters. The largest absolute Gasteiger partial charge is 0.569 e. The highest BCUT2D eigenvalue weighted by Crippen LogP contribution is 2.33. The number of sulfonamides is 1. The number of carbonyl (C=O) groups is 2. The highest BCUT2D eigenvalue weighted by molar-refractivity contribution is 7.90. The van der Waals surface area contributed by atoms with Gasteiger partial charge in [0.1, 0.15) is 0 Å². The van der Waals surface area contributed by atoms with Crippen molar-refractivity contribution in [2.24, 2.45) is 5.28 Å². The second kappa shape index (κ2) is 12.5. The number of hydrazine groups is 1. The molecule has 0 spiro atoms. The minimum absolute atomic E-state index is 0.123. The lowest BCUT2D eigenvalue weighted by Gasteiger charge is -2.13. The van der Waals surface area contributed by atoms with E-state index in [4.69, 9.17) is 0 Å². The average Bonchev–Trinajstić information content (AvgIpc) is 3.37. The molecule has 2 aromatic carbocycles. The van der Waals surface area contributed by atoms with E-state index in [1.807, 2.05) is 6.92 Å². The maximum Gasteiger partial charge on any atom is 0.510 e. The predicted octanol–water partition coefficient (Wildman–Crippen LogP) is 3.15. The van der Waals surface area contributed by atoms with Gasteiger partial charge in [-0.15, -0.1) is 5.01 Å². The Labute approximate surface area is 231 Å². The van der Waals surface area contributed by atoms with Crippen LogP contribution in [0.4, 0.5) is 18.0 Å². The van der Waals surface area contributed by atoms with Gasteiger partial charge in [-0.05, 0) is 37.3 Å². The predicted molar refractivity (Wildman–Crippen MR) is 132 cm³/mol. The summed E-state index contributed by atoms with van der Waals surface area (Å²) >= 11 is 0. The first-order chi connectivity index (χ1) is 19.2. The number of aromatic nitrogens is 2. The summed E-state index contributed by atoms with van der Waals surface area (Å²) in [4.78, 5) is 26.8. The van der Waals surface area contributed by atoms with Gasteiger partial charge < -0.3 is 19.5 Å². The molecule has 0 bridgehead atoms. The Kier molecular flexibility index (Phi) is 9.38. The number of benzene rings is 2. The Bertz CT molecular complexity index is 1520. The van der Waals surface area contributed by atoms with Gasteiger partial charge in [0, 0.05) is 5.56 Å². The summed E-state index contributed by atoms with van der Waals surface area (Å²) in [6.07, 6.45) is -5.81. The van der Waals surface area contributed by atoms with Crippen molar-refractivity contribution < 1.29 is 50.5 Å². The molecule has 0 aliphatic rings. The quantitative estimate of drug-likeness (QED) is 0.0912. The first-order valence-electron chi connectivity index (χ1n) is 11.3. The molecule has 3 aromatic rings. The summed E-state index contributed by atoms with van der Waals surface area (Å²) in [6, 6.07) is 12.2. The van der Waals surface area contributed by atoms with Gasteiger partial charge in [-0.25, -0.2) is 22.6 Å². The minimum atomic E-state index is -4.72. The fourth-order valence-corrected chi connectivity index (χ4v) is 4.17. The van der Waals surface area contributed by atoms with E-state index in [-0.39, 0.29) is 21.2 Å². The van der Waals surface area contributed by atoms with Gasteiger partial charge in [0.15, 0.2) is 12.2 Å². The second-order valence-corrected chi connectivity index (χ2v) is 9.89. The molecule has 3 rings (SSSR count). The summed E-state index contributed by atoms with van der Waals surface area (Å²) in [5.41, 5.74) is 0.460. The third-order valence-corrected chi connectivity index (χ3v) is 6.56. The Balaban J connectivity index is 1.73. The zero-order valence-electron chi connectivity index (χ0n) is 21.7. The van der Waals surface area contributed by atoms with Crippen LogP contribution in [0.15, 0.2) is 64.8 Å². The molecule has 1 N–H and O–H groups in total. The zero-order valence-corrected chi connectivity index (χ0v) is 22.5. The van der Waals surface area contributed by atoms with Gasteiger partial charge in [0.05, 0.1) is 35.4 Å². The highest BCUT2D eigenvalue weighted by Gasteiger charge is 2.35. The van der Waals surface area contributed by atoms with Crippen molar-refractivity contribution >= 4 is 22.1 Å². The van der Waals surface area contributed by atoms with E-state index in [1.54, 1.807) is 29.0 Å². The molecule has 41 heavy (non-hydrogen) atoms. The molecular formula is C23H23F3N6O8S. The molecule has 0 aliphatic heterocycles. The van der Waals surface area contributed by atoms with Crippen LogP contribution in [0.25, 0.3) is 16.9 Å². The van der Waals surface area contributed by atoms with Crippen LogP contribution in [0.3, 0.4) is 0 Å². The van der Waals surface area contributed by atoms with Gasteiger partial charge in [-0.3, -0.25) is 4.79 Å². The second-order valence-electron chi connectivity index (χ2n) is 8.21. The third-order valence-electron chi connectivity index (χ3n) is 5.18. The normalized spacial score (nSPS) is 12.0. The van der Waals surface area contributed by atoms with Crippen molar-refractivity contribution in [3.8, 4) is 16.9 Å². The first kappa shape index (κ1) is 30.7. The number of halogens is 3. The van der Waals surface area contributed by atoms with Crippen molar-refractivity contribution in [3.63, 3.8) is 0 Å². The summed E-state index contributed by atoms with van der Waals surface area (Å²) in [5.74, 6) is -1.12. The van der Waals surface area contributed by atoms with Gasteiger partial charge in [-0.2, -0.15) is 18.3 Å². The molecule has 0 atom stereocenters. The number of nitrogens with zero attached hydrogens (tertiary/aromatic N) is 5. The van der Waals surface area contributed by atoms with Crippen LogP contribution in [0, 0.1) is 12.1 Å². The number of hydrogen-bond acceptors (Lipinski definition) is 10. The maximum atomic E-state index is 13.4. The number of methoxy groups -OCH3 is 1. The van der Waals surface area contributed by atoms with Gasteiger partial charge in [0.25, 0.3) is 22.7 Å². The fraction of sp³-hybridized carbons (Fsp3) is 0.261. The standard InChI is InChI=1S/C23H23F3N6O8S/c1-15-4-6-16(7-5-15)19-12-20(23(24,25)26)27-31(19)17-8-10-18(11-9-17)41(36,37)28-21(33)13-30(2)32(35)29-40-14-39-22(34)38-3/h4-12H,13-14H2,1-3H3,(H,28,33). The zero-order chi connectivity index (χ0) is 30.4. The Hall–Kier alpha value is -4.87. The van der Waals surface area contributed by atoms with Crippen LogP contribution in [-0.2, 0) is 35.3 Å². The van der Waals surface area contributed by atoms with Crippen LogP contribution in [0.1, 0.15) is 11.3 Å². The summed E-state index contributed by atoms with van der Waals surface area (Å²) in [6.45, 7) is 0.279. The van der Waals surface area contributed by atoms with E-state index in [0.29, 0.717) is 10.6 Å². The number of likely N-dealkylation sites (N-methyl/N-ethyl adjacent to an activating group) is 1. The molecule has 14 nitrogen and oxygen atoms in total. The third kappa shape index (κ3) is 8.07. The van der Waals surface area contributed by atoms with Crippen LogP contribution < -0.4 is 4.72 Å². The highest BCUT2D eigenvalue weighted by atomic mass is 32.2. The number of rotatable bonds is 10. The molecule has 1 amide bonds. The lowest BCUT2D eigenvalue weighted by atomic mass is 10.1. The Morgan fingerprint density at radius 2 is 1.78 bits per heavy atom. The summed E-state index contributed by atoms with van der Waals surface area (Å²) in [7, 11) is -2.30. The molecular weight excluding hydrogens is 577 g/mol. The number of amides is 1. The molecule has 0 radical (unpaired) electrons. The van der Waals surface area contributed by atoms with Crippen molar-refractivity contribution in [1.82, 2.24) is 19.5 Å². The van der Waals surface area contributed by atoms with E-state index in [0.717, 1.165) is 42.6 Å². The SMILES string of the molecule is COC(=O)OCON=[N+]([O-])N(C)CC(=O)NS(=O)(=O)c1ccc(-n2nc(C(F)(F)F)cc2-c2ccc(C)cc2)cc1. The van der Waals surface area contributed by atoms with E-state index >= 15 is 0 Å². The van der Waals surface area contributed by atoms with Crippen molar-refractivity contribution in [3.05, 3.63) is 71.1 Å². The van der Waals surface area contributed by atoms with Gasteiger partial charge in [-0.1, -0.05) is 29.8 Å². The Morgan fingerprint density at radius 1 is 1.15 bits per heavy atom. The van der Waals surface area contributed by atoms with Gasteiger partial charge >= 0.3 is 12.3 Å². The molecule has 0 aliphatic carbocycles. The van der Waals surface area contributed by atoms with Crippen molar-refractivity contribution in [2.45, 2.75) is 18.0 Å². The lowest BCUT2D eigenvalue weighted by Crippen LogP contribution is -2.40. The maximum absolute atomic E-state index is 13.4. The monoisotopic (exact) mass is 600 g/mol. The minimum Gasteiger partial charge on any atom is -0.569 e. The van der Waals surface area contributed by atoms with Crippen molar-refractivity contribution in [1.29, 1.82) is 0 Å². The van der Waals surface area contributed by atoms with Crippen LogP contribution in [0.5, 0.6) is 0 Å². The smallest absolute Gasteiger partial charge is 0.510 e. The summed E-state index contributed by atoms with van der Waals surface area (Å²) in [5, 5.41) is 19.1. The van der Waals surface area contributed by atoms with Crippen molar-refractivity contribution in [2.75, 3.05) is 27.5 Å². The number of hydrogen-bond donors (Lipinski definition) is 1. The van der Waals surface area contributed by atoms with E-state index in [2.05, 4.69) is 24.7 Å². The summed E-state index contributed by atoms with van der Waals surface area (Å²) < 4.78 is 76.9. The van der Waals surface area contributed by atoms with Crippen LogP contribution >= 0.6 is 0 Å². The van der Waals surface area contributed by atoms with E-state index in [1.165, 1.54) is 12.1 Å². The number of carbonyl (C=O) groups excluding carboxylic acids is 2.